The first-order valence-corrected chi connectivity index (χ1v) is 5.43. The first-order valence-electron chi connectivity index (χ1n) is 4.64. The normalized spacial score (nSPS) is 11.2. The number of fused-ring (bicyclic) bond motifs is 1. The fraction of sp³-hybridized carbons (Fsp3) is 0.300. The number of hydrogen-bond donors (Lipinski definition) is 0. The molecule has 0 aliphatic rings. The molecule has 0 bridgehead atoms. The SMILES string of the molecule is CC(C)c1nc2ccc(Br)cn2c1N=O. The van der Waals surface area contributed by atoms with E-state index in [1.54, 1.807) is 10.6 Å². The lowest BCUT2D eigenvalue weighted by atomic mass is 10.1. The average Bonchev–Trinajstić information content (AvgIpc) is 2.55. The molecule has 0 N–H and O–H groups in total. The molecule has 78 valence electrons. The van der Waals surface area contributed by atoms with Crippen molar-refractivity contribution < 1.29 is 0 Å². The van der Waals surface area contributed by atoms with Crippen molar-refractivity contribution in [1.82, 2.24) is 9.38 Å². The number of halogens is 1. The molecule has 0 atom stereocenters. The fourth-order valence-electron chi connectivity index (χ4n) is 1.50. The molecule has 2 aromatic rings. The smallest absolute Gasteiger partial charge is 0.205 e. The molecule has 2 rings (SSSR count). The number of nitroso groups, excluding NO2 is 1. The summed E-state index contributed by atoms with van der Waals surface area (Å²) in [5, 5.41) is 3.05. The molecule has 0 saturated heterocycles. The van der Waals surface area contributed by atoms with Crippen molar-refractivity contribution in [2.75, 3.05) is 0 Å². The molecule has 0 unspecified atom stereocenters. The van der Waals surface area contributed by atoms with Crippen molar-refractivity contribution >= 4 is 27.4 Å². The van der Waals surface area contributed by atoms with Crippen LogP contribution < -0.4 is 0 Å². The van der Waals surface area contributed by atoms with Gasteiger partial charge < -0.3 is 0 Å². The summed E-state index contributed by atoms with van der Waals surface area (Å²) < 4.78 is 2.60. The van der Waals surface area contributed by atoms with Gasteiger partial charge in [-0.15, -0.1) is 4.91 Å². The van der Waals surface area contributed by atoms with E-state index in [9.17, 15) is 4.91 Å². The summed E-state index contributed by atoms with van der Waals surface area (Å²) in [4.78, 5) is 15.2. The zero-order valence-electron chi connectivity index (χ0n) is 8.44. The predicted octanol–water partition coefficient (Wildman–Crippen LogP) is 3.62. The highest BCUT2D eigenvalue weighted by molar-refractivity contribution is 9.10. The summed E-state index contributed by atoms with van der Waals surface area (Å²) in [7, 11) is 0. The van der Waals surface area contributed by atoms with E-state index >= 15 is 0 Å². The molecule has 0 saturated carbocycles. The summed E-state index contributed by atoms with van der Waals surface area (Å²) in [6, 6.07) is 3.74. The molecule has 0 fully saturated rings. The van der Waals surface area contributed by atoms with Gasteiger partial charge in [0.25, 0.3) is 0 Å². The van der Waals surface area contributed by atoms with Gasteiger partial charge in [0.1, 0.15) is 5.65 Å². The second-order valence-corrected chi connectivity index (χ2v) is 4.56. The van der Waals surface area contributed by atoms with Gasteiger partial charge in [-0.1, -0.05) is 13.8 Å². The van der Waals surface area contributed by atoms with Gasteiger partial charge in [-0.25, -0.2) is 4.98 Å². The first kappa shape index (κ1) is 10.3. The quantitative estimate of drug-likeness (QED) is 0.781. The van der Waals surface area contributed by atoms with E-state index in [0.717, 1.165) is 15.8 Å². The topological polar surface area (TPSA) is 46.7 Å². The number of aromatic nitrogens is 2. The molecule has 0 aromatic carbocycles. The highest BCUT2D eigenvalue weighted by Crippen LogP contribution is 2.28. The number of pyridine rings is 1. The summed E-state index contributed by atoms with van der Waals surface area (Å²) in [5.41, 5.74) is 1.49. The molecule has 0 aliphatic heterocycles. The third kappa shape index (κ3) is 1.67. The Morgan fingerprint density at radius 2 is 2.20 bits per heavy atom. The van der Waals surface area contributed by atoms with Crippen molar-refractivity contribution in [2.24, 2.45) is 5.18 Å². The molecule has 0 radical (unpaired) electrons. The van der Waals surface area contributed by atoms with E-state index in [1.807, 2.05) is 26.0 Å². The minimum absolute atomic E-state index is 0.191. The van der Waals surface area contributed by atoms with Crippen molar-refractivity contribution in [3.05, 3.63) is 33.4 Å². The molecule has 0 spiro atoms. The third-order valence-corrected chi connectivity index (χ3v) is 2.69. The van der Waals surface area contributed by atoms with Crippen LogP contribution in [0.5, 0.6) is 0 Å². The van der Waals surface area contributed by atoms with Crippen LogP contribution in [0.15, 0.2) is 28.0 Å². The zero-order chi connectivity index (χ0) is 11.0. The maximum atomic E-state index is 10.8. The van der Waals surface area contributed by atoms with Gasteiger partial charge >= 0.3 is 0 Å². The van der Waals surface area contributed by atoms with Crippen LogP contribution in [0.3, 0.4) is 0 Å². The maximum absolute atomic E-state index is 10.8. The van der Waals surface area contributed by atoms with Gasteiger partial charge in [0.05, 0.1) is 5.69 Å². The van der Waals surface area contributed by atoms with Gasteiger partial charge in [0.2, 0.25) is 5.82 Å². The molecule has 2 aromatic heterocycles. The van der Waals surface area contributed by atoms with Crippen LogP contribution in [0.2, 0.25) is 0 Å². The number of imidazole rings is 1. The minimum atomic E-state index is 0.191. The Labute approximate surface area is 95.4 Å². The zero-order valence-corrected chi connectivity index (χ0v) is 10.0. The second kappa shape index (κ2) is 3.73. The van der Waals surface area contributed by atoms with Crippen LogP contribution in [0.1, 0.15) is 25.5 Å². The van der Waals surface area contributed by atoms with Crippen LogP contribution in [0, 0.1) is 4.91 Å². The van der Waals surface area contributed by atoms with E-state index in [2.05, 4.69) is 26.1 Å². The van der Waals surface area contributed by atoms with Crippen LogP contribution in [-0.2, 0) is 0 Å². The Kier molecular flexibility index (Phi) is 2.56. The number of hydrogen-bond acceptors (Lipinski definition) is 3. The summed E-state index contributed by atoms with van der Waals surface area (Å²) in [6.07, 6.45) is 1.80. The molecule has 15 heavy (non-hydrogen) atoms. The summed E-state index contributed by atoms with van der Waals surface area (Å²) in [6.45, 7) is 3.98. The van der Waals surface area contributed by atoms with E-state index in [1.165, 1.54) is 0 Å². The van der Waals surface area contributed by atoms with Crippen molar-refractivity contribution in [2.45, 2.75) is 19.8 Å². The third-order valence-electron chi connectivity index (χ3n) is 2.22. The van der Waals surface area contributed by atoms with E-state index in [-0.39, 0.29) is 5.92 Å². The predicted molar refractivity (Wildman–Crippen MR) is 62.4 cm³/mol. The maximum Gasteiger partial charge on any atom is 0.205 e. The lowest BCUT2D eigenvalue weighted by molar-refractivity contribution is 0.834. The van der Waals surface area contributed by atoms with Gasteiger partial charge in [-0.05, 0) is 39.2 Å². The molecule has 4 nitrogen and oxygen atoms in total. The van der Waals surface area contributed by atoms with E-state index < -0.39 is 0 Å². The Balaban J connectivity index is 2.79. The Hall–Kier alpha value is -1.23. The van der Waals surface area contributed by atoms with E-state index in [0.29, 0.717) is 5.82 Å². The van der Waals surface area contributed by atoms with E-state index in [4.69, 9.17) is 0 Å². The van der Waals surface area contributed by atoms with Crippen molar-refractivity contribution in [3.8, 4) is 0 Å². The first-order chi connectivity index (χ1) is 7.13. The second-order valence-electron chi connectivity index (χ2n) is 3.64. The van der Waals surface area contributed by atoms with Crippen molar-refractivity contribution in [1.29, 1.82) is 0 Å². The van der Waals surface area contributed by atoms with Crippen LogP contribution in [0.25, 0.3) is 5.65 Å². The monoisotopic (exact) mass is 267 g/mol. The van der Waals surface area contributed by atoms with Crippen LogP contribution in [0.4, 0.5) is 5.82 Å². The highest BCUT2D eigenvalue weighted by atomic mass is 79.9. The Morgan fingerprint density at radius 1 is 1.47 bits per heavy atom. The van der Waals surface area contributed by atoms with Gasteiger partial charge in [0.15, 0.2) is 0 Å². The molecule has 0 aliphatic carbocycles. The highest BCUT2D eigenvalue weighted by Gasteiger charge is 2.15. The van der Waals surface area contributed by atoms with Gasteiger partial charge in [-0.3, -0.25) is 4.40 Å². The standard InChI is InChI=1S/C10H10BrN3O/c1-6(2)9-10(13-15)14-5-7(11)3-4-8(14)12-9/h3-6H,1-2H3. The Bertz CT molecular complexity index is 519. The molecular weight excluding hydrogens is 258 g/mol. The Morgan fingerprint density at radius 3 is 2.80 bits per heavy atom. The van der Waals surface area contributed by atoms with Crippen LogP contribution >= 0.6 is 15.9 Å². The van der Waals surface area contributed by atoms with Crippen LogP contribution in [-0.4, -0.2) is 9.38 Å². The largest absolute Gasteiger partial charge is 0.280 e. The summed E-state index contributed by atoms with van der Waals surface area (Å²) >= 11 is 3.35. The lowest BCUT2D eigenvalue weighted by Gasteiger charge is -1.99. The molecule has 2 heterocycles. The van der Waals surface area contributed by atoms with Gasteiger partial charge in [0, 0.05) is 10.7 Å². The average molecular weight is 268 g/mol. The number of rotatable bonds is 2. The molecular formula is C10H10BrN3O. The minimum Gasteiger partial charge on any atom is -0.280 e. The lowest BCUT2D eigenvalue weighted by Crippen LogP contribution is -1.87. The number of nitrogens with zero attached hydrogens (tertiary/aromatic N) is 3. The molecule has 0 amide bonds. The summed E-state index contributed by atoms with van der Waals surface area (Å²) in [5.74, 6) is 0.581. The van der Waals surface area contributed by atoms with Gasteiger partial charge in [-0.2, -0.15) is 0 Å². The van der Waals surface area contributed by atoms with Crippen molar-refractivity contribution in [3.63, 3.8) is 0 Å². The fourth-order valence-corrected chi connectivity index (χ4v) is 1.84. The molecule has 5 heteroatoms.